The molecule has 1 amide bonds. The number of hydrogen-bond donors (Lipinski definition) is 0. The van der Waals surface area contributed by atoms with Crippen LogP contribution < -0.4 is 0 Å². The zero-order valence-corrected chi connectivity index (χ0v) is 9.74. The summed E-state index contributed by atoms with van der Waals surface area (Å²) in [6.07, 6.45) is 7.07. The van der Waals surface area contributed by atoms with Gasteiger partial charge in [0.2, 0.25) is 5.91 Å². The lowest BCUT2D eigenvalue weighted by Gasteiger charge is -2.32. The standard InChI is InChI=1S/C12H22N2O/c1-2-12(15)14(11-6-7-11)10-13-8-4-3-5-9-13/h11H,2-10H2,1H3. The highest BCUT2D eigenvalue weighted by atomic mass is 16.2. The summed E-state index contributed by atoms with van der Waals surface area (Å²) in [6, 6.07) is 0.569. The molecule has 0 unspecified atom stereocenters. The van der Waals surface area contributed by atoms with E-state index in [-0.39, 0.29) is 0 Å². The van der Waals surface area contributed by atoms with Crippen LogP contribution in [-0.4, -0.2) is 41.5 Å². The van der Waals surface area contributed by atoms with Crippen LogP contribution in [-0.2, 0) is 4.79 Å². The van der Waals surface area contributed by atoms with Gasteiger partial charge in [0.1, 0.15) is 0 Å². The lowest BCUT2D eigenvalue weighted by Crippen LogP contribution is -2.44. The Morgan fingerprint density at radius 2 is 1.93 bits per heavy atom. The molecule has 0 spiro atoms. The minimum Gasteiger partial charge on any atom is -0.327 e. The molecule has 0 N–H and O–H groups in total. The van der Waals surface area contributed by atoms with Crippen molar-refractivity contribution in [3.05, 3.63) is 0 Å². The van der Waals surface area contributed by atoms with Gasteiger partial charge in [0.15, 0.2) is 0 Å². The molecule has 0 aromatic rings. The van der Waals surface area contributed by atoms with E-state index in [1.165, 1.54) is 45.2 Å². The quantitative estimate of drug-likeness (QED) is 0.707. The normalized spacial score (nSPS) is 22.7. The Bertz CT molecular complexity index is 220. The number of hydrogen-bond acceptors (Lipinski definition) is 2. The largest absolute Gasteiger partial charge is 0.327 e. The van der Waals surface area contributed by atoms with Gasteiger partial charge < -0.3 is 4.90 Å². The average molecular weight is 210 g/mol. The van der Waals surface area contributed by atoms with Crippen molar-refractivity contribution in [3.63, 3.8) is 0 Å². The van der Waals surface area contributed by atoms with Gasteiger partial charge in [-0.3, -0.25) is 9.69 Å². The third-order valence-electron chi connectivity index (χ3n) is 3.41. The van der Waals surface area contributed by atoms with Gasteiger partial charge >= 0.3 is 0 Å². The third-order valence-corrected chi connectivity index (χ3v) is 3.41. The van der Waals surface area contributed by atoms with E-state index in [2.05, 4.69) is 9.80 Å². The van der Waals surface area contributed by atoms with Gasteiger partial charge in [-0.05, 0) is 38.8 Å². The van der Waals surface area contributed by atoms with Crippen molar-refractivity contribution in [3.8, 4) is 0 Å². The molecule has 1 heterocycles. The van der Waals surface area contributed by atoms with Gasteiger partial charge in [0.25, 0.3) is 0 Å². The average Bonchev–Trinajstić information content (AvgIpc) is 3.10. The summed E-state index contributed by atoms with van der Waals surface area (Å²) in [7, 11) is 0. The van der Waals surface area contributed by atoms with E-state index in [4.69, 9.17) is 0 Å². The first-order valence-corrected chi connectivity index (χ1v) is 6.33. The van der Waals surface area contributed by atoms with Gasteiger partial charge in [-0.25, -0.2) is 0 Å². The maximum atomic E-state index is 11.8. The fourth-order valence-corrected chi connectivity index (χ4v) is 2.30. The predicted molar refractivity (Wildman–Crippen MR) is 60.5 cm³/mol. The van der Waals surface area contributed by atoms with E-state index in [0.29, 0.717) is 18.4 Å². The minimum atomic E-state index is 0.336. The molecule has 1 saturated heterocycles. The minimum absolute atomic E-state index is 0.336. The summed E-state index contributed by atoms with van der Waals surface area (Å²) in [4.78, 5) is 16.3. The van der Waals surface area contributed by atoms with Crippen molar-refractivity contribution in [2.75, 3.05) is 19.8 Å². The topological polar surface area (TPSA) is 23.6 Å². The number of piperidine rings is 1. The van der Waals surface area contributed by atoms with Crippen LogP contribution in [0.4, 0.5) is 0 Å². The highest BCUT2D eigenvalue weighted by Crippen LogP contribution is 2.28. The number of amides is 1. The SMILES string of the molecule is CCC(=O)N(CN1CCCCC1)C1CC1. The molecule has 15 heavy (non-hydrogen) atoms. The van der Waals surface area contributed by atoms with E-state index in [0.717, 1.165) is 6.67 Å². The predicted octanol–water partition coefficient (Wildman–Crippen LogP) is 1.83. The second kappa shape index (κ2) is 4.97. The molecule has 0 atom stereocenters. The van der Waals surface area contributed by atoms with Crippen LogP contribution in [0.2, 0.25) is 0 Å². The Balaban J connectivity index is 1.84. The Hall–Kier alpha value is -0.570. The molecular weight excluding hydrogens is 188 g/mol. The maximum Gasteiger partial charge on any atom is 0.223 e. The van der Waals surface area contributed by atoms with E-state index in [1.807, 2.05) is 6.92 Å². The van der Waals surface area contributed by atoms with Crippen LogP contribution in [0, 0.1) is 0 Å². The molecule has 0 bridgehead atoms. The van der Waals surface area contributed by atoms with Crippen LogP contribution in [0.5, 0.6) is 0 Å². The molecular formula is C12H22N2O. The van der Waals surface area contributed by atoms with Gasteiger partial charge in [-0.1, -0.05) is 13.3 Å². The summed E-state index contributed by atoms with van der Waals surface area (Å²) in [5.74, 6) is 0.336. The molecule has 1 aliphatic carbocycles. The van der Waals surface area contributed by atoms with Gasteiger partial charge in [-0.15, -0.1) is 0 Å². The zero-order chi connectivity index (χ0) is 10.7. The summed E-state index contributed by atoms with van der Waals surface area (Å²) < 4.78 is 0. The zero-order valence-electron chi connectivity index (χ0n) is 9.74. The molecule has 3 nitrogen and oxygen atoms in total. The van der Waals surface area contributed by atoms with Crippen LogP contribution in [0.1, 0.15) is 45.4 Å². The second-order valence-electron chi connectivity index (χ2n) is 4.77. The first kappa shape index (κ1) is 10.9. The number of rotatable bonds is 4. The second-order valence-corrected chi connectivity index (χ2v) is 4.77. The van der Waals surface area contributed by atoms with Crippen LogP contribution in [0.3, 0.4) is 0 Å². The highest BCUT2D eigenvalue weighted by Gasteiger charge is 2.32. The molecule has 1 saturated carbocycles. The molecule has 2 aliphatic rings. The molecule has 2 fully saturated rings. The fourth-order valence-electron chi connectivity index (χ4n) is 2.30. The summed E-state index contributed by atoms with van der Waals surface area (Å²) in [5.41, 5.74) is 0. The third kappa shape index (κ3) is 2.94. The lowest BCUT2D eigenvalue weighted by atomic mass is 10.1. The van der Waals surface area contributed by atoms with E-state index < -0.39 is 0 Å². The van der Waals surface area contributed by atoms with Gasteiger partial charge in [-0.2, -0.15) is 0 Å². The Morgan fingerprint density at radius 3 is 2.47 bits per heavy atom. The van der Waals surface area contributed by atoms with Crippen molar-refractivity contribution in [1.29, 1.82) is 0 Å². The first-order chi connectivity index (χ1) is 7.31. The fraction of sp³-hybridized carbons (Fsp3) is 0.917. The van der Waals surface area contributed by atoms with Crippen LogP contribution >= 0.6 is 0 Å². The summed E-state index contributed by atoms with van der Waals surface area (Å²) >= 11 is 0. The summed E-state index contributed by atoms with van der Waals surface area (Å²) in [6.45, 7) is 5.21. The highest BCUT2D eigenvalue weighted by molar-refractivity contribution is 5.76. The molecule has 1 aliphatic heterocycles. The van der Waals surface area contributed by atoms with Crippen molar-refractivity contribution in [2.45, 2.75) is 51.5 Å². The number of likely N-dealkylation sites (tertiary alicyclic amines) is 1. The van der Waals surface area contributed by atoms with Crippen molar-refractivity contribution < 1.29 is 4.79 Å². The molecule has 86 valence electrons. The van der Waals surface area contributed by atoms with E-state index in [1.54, 1.807) is 0 Å². The number of carbonyl (C=O) groups excluding carboxylic acids is 1. The Labute approximate surface area is 92.4 Å². The molecule has 0 aromatic carbocycles. The van der Waals surface area contributed by atoms with Crippen molar-refractivity contribution in [2.24, 2.45) is 0 Å². The first-order valence-electron chi connectivity index (χ1n) is 6.33. The number of nitrogens with zero attached hydrogens (tertiary/aromatic N) is 2. The molecule has 0 radical (unpaired) electrons. The maximum absolute atomic E-state index is 11.8. The van der Waals surface area contributed by atoms with Gasteiger partial charge in [0, 0.05) is 12.5 Å². The Kier molecular flexibility index (Phi) is 3.62. The van der Waals surface area contributed by atoms with Gasteiger partial charge in [0.05, 0.1) is 6.67 Å². The summed E-state index contributed by atoms with van der Waals surface area (Å²) in [5, 5.41) is 0. The van der Waals surface area contributed by atoms with Crippen molar-refractivity contribution >= 4 is 5.91 Å². The van der Waals surface area contributed by atoms with Crippen LogP contribution in [0.25, 0.3) is 0 Å². The van der Waals surface area contributed by atoms with E-state index in [9.17, 15) is 4.79 Å². The molecule has 0 aromatic heterocycles. The molecule has 2 rings (SSSR count). The monoisotopic (exact) mass is 210 g/mol. The smallest absolute Gasteiger partial charge is 0.223 e. The lowest BCUT2D eigenvalue weighted by molar-refractivity contribution is -0.133. The van der Waals surface area contributed by atoms with Crippen molar-refractivity contribution in [1.82, 2.24) is 9.80 Å². The molecule has 3 heteroatoms. The Morgan fingerprint density at radius 1 is 1.27 bits per heavy atom. The number of carbonyl (C=O) groups is 1. The van der Waals surface area contributed by atoms with E-state index >= 15 is 0 Å². The van der Waals surface area contributed by atoms with Crippen LogP contribution in [0.15, 0.2) is 0 Å².